The lowest BCUT2D eigenvalue weighted by atomic mass is 10.1. The summed E-state index contributed by atoms with van der Waals surface area (Å²) in [6.07, 6.45) is 0. The predicted octanol–water partition coefficient (Wildman–Crippen LogP) is 2.26. The maximum atomic E-state index is 12.8. The molecule has 1 aromatic rings. The van der Waals surface area contributed by atoms with Gasteiger partial charge in [-0.15, -0.1) is 11.6 Å². The highest BCUT2D eigenvalue weighted by molar-refractivity contribution is 6.30. The van der Waals surface area contributed by atoms with E-state index >= 15 is 0 Å². The van der Waals surface area contributed by atoms with E-state index in [1.807, 2.05) is 0 Å². The number of rotatable bonds is 2. The Hall–Kier alpha value is -1.47. The standard InChI is InChI=1S/C9H4ClF2NO/c10-3-8(14)5-1-6(4-13)9(12)7(11)2-5/h1-2H,3H2. The number of nitrogens with zero attached hydrogens (tertiary/aromatic N) is 1. The molecule has 0 aliphatic carbocycles. The molecule has 0 aromatic heterocycles. The van der Waals surface area contributed by atoms with Crippen molar-refractivity contribution in [2.45, 2.75) is 0 Å². The molecule has 2 nitrogen and oxygen atoms in total. The minimum atomic E-state index is -1.25. The zero-order valence-electron chi connectivity index (χ0n) is 6.85. The summed E-state index contributed by atoms with van der Waals surface area (Å²) in [5, 5.41) is 8.42. The van der Waals surface area contributed by atoms with Crippen LogP contribution in [0.2, 0.25) is 0 Å². The molecule has 0 spiro atoms. The van der Waals surface area contributed by atoms with E-state index in [-0.39, 0.29) is 11.4 Å². The molecular formula is C9H4ClF2NO. The summed E-state index contributed by atoms with van der Waals surface area (Å²) in [5.74, 6) is -3.37. The second-order valence-corrected chi connectivity index (χ2v) is 2.76. The van der Waals surface area contributed by atoms with E-state index < -0.39 is 23.0 Å². The van der Waals surface area contributed by atoms with Crippen LogP contribution in [0, 0.1) is 23.0 Å². The molecule has 0 bridgehead atoms. The molecular weight excluding hydrogens is 212 g/mol. The zero-order chi connectivity index (χ0) is 10.7. The number of carbonyl (C=O) groups excluding carboxylic acids is 1. The molecule has 1 aromatic carbocycles. The van der Waals surface area contributed by atoms with Gasteiger partial charge in [0.2, 0.25) is 0 Å². The highest BCUT2D eigenvalue weighted by Gasteiger charge is 2.13. The third-order valence-electron chi connectivity index (χ3n) is 1.59. The van der Waals surface area contributed by atoms with Gasteiger partial charge in [0.25, 0.3) is 0 Å². The first-order valence-electron chi connectivity index (χ1n) is 3.58. The Kier molecular flexibility index (Phi) is 3.15. The minimum Gasteiger partial charge on any atom is -0.293 e. The summed E-state index contributed by atoms with van der Waals surface area (Å²) in [6, 6.07) is 3.14. The molecule has 0 N–H and O–H groups in total. The van der Waals surface area contributed by atoms with Crippen molar-refractivity contribution < 1.29 is 13.6 Å². The fraction of sp³-hybridized carbons (Fsp3) is 0.111. The number of carbonyl (C=O) groups is 1. The number of halogens is 3. The van der Waals surface area contributed by atoms with Crippen molar-refractivity contribution in [1.82, 2.24) is 0 Å². The normalized spacial score (nSPS) is 9.57. The summed E-state index contributed by atoms with van der Waals surface area (Å²) in [5.41, 5.74) is -0.603. The van der Waals surface area contributed by atoms with Gasteiger partial charge in [-0.25, -0.2) is 8.78 Å². The first-order valence-corrected chi connectivity index (χ1v) is 4.12. The van der Waals surface area contributed by atoms with Crippen LogP contribution in [-0.4, -0.2) is 11.7 Å². The van der Waals surface area contributed by atoms with Gasteiger partial charge in [-0.05, 0) is 12.1 Å². The highest BCUT2D eigenvalue weighted by Crippen LogP contribution is 2.15. The quantitative estimate of drug-likeness (QED) is 0.561. The second kappa shape index (κ2) is 4.16. The Labute approximate surface area is 83.7 Å². The topological polar surface area (TPSA) is 40.9 Å². The number of benzene rings is 1. The average molecular weight is 216 g/mol. The van der Waals surface area contributed by atoms with Crippen molar-refractivity contribution in [3.8, 4) is 6.07 Å². The molecule has 72 valence electrons. The Morgan fingerprint density at radius 2 is 2.14 bits per heavy atom. The van der Waals surface area contributed by atoms with Crippen molar-refractivity contribution in [2.24, 2.45) is 0 Å². The van der Waals surface area contributed by atoms with Gasteiger partial charge in [-0.2, -0.15) is 5.26 Å². The molecule has 1 rings (SSSR count). The van der Waals surface area contributed by atoms with E-state index in [0.29, 0.717) is 0 Å². The van der Waals surface area contributed by atoms with E-state index in [1.165, 1.54) is 6.07 Å². The van der Waals surface area contributed by atoms with Crippen LogP contribution >= 0.6 is 11.6 Å². The van der Waals surface area contributed by atoms with Crippen LogP contribution in [0.3, 0.4) is 0 Å². The number of hydrogen-bond donors (Lipinski definition) is 0. The second-order valence-electron chi connectivity index (χ2n) is 2.49. The molecule has 0 aliphatic rings. The van der Waals surface area contributed by atoms with Crippen LogP contribution in [-0.2, 0) is 0 Å². The first kappa shape index (κ1) is 10.6. The largest absolute Gasteiger partial charge is 0.293 e. The Morgan fingerprint density at radius 1 is 1.50 bits per heavy atom. The molecule has 0 saturated carbocycles. The molecule has 0 saturated heterocycles. The van der Waals surface area contributed by atoms with Crippen molar-refractivity contribution >= 4 is 17.4 Å². The van der Waals surface area contributed by atoms with Gasteiger partial charge in [0.05, 0.1) is 11.4 Å². The zero-order valence-corrected chi connectivity index (χ0v) is 7.61. The fourth-order valence-corrected chi connectivity index (χ4v) is 1.06. The number of Topliss-reactive ketones (excluding diaryl/α,β-unsaturated/α-hetero) is 1. The molecule has 5 heteroatoms. The van der Waals surface area contributed by atoms with Crippen LogP contribution in [0.25, 0.3) is 0 Å². The SMILES string of the molecule is N#Cc1cc(C(=O)CCl)cc(F)c1F. The molecule has 0 heterocycles. The van der Waals surface area contributed by atoms with Crippen molar-refractivity contribution in [2.75, 3.05) is 5.88 Å². The summed E-state index contributed by atoms with van der Waals surface area (Å²) in [4.78, 5) is 11.0. The average Bonchev–Trinajstić information content (AvgIpc) is 2.20. The number of hydrogen-bond acceptors (Lipinski definition) is 2. The molecule has 0 atom stereocenters. The summed E-state index contributed by atoms with van der Waals surface area (Å²) >= 11 is 5.23. The van der Waals surface area contributed by atoms with Gasteiger partial charge in [0.1, 0.15) is 6.07 Å². The Morgan fingerprint density at radius 3 is 2.64 bits per heavy atom. The van der Waals surface area contributed by atoms with Gasteiger partial charge in [0.15, 0.2) is 17.4 Å². The van der Waals surface area contributed by atoms with Crippen LogP contribution in [0.4, 0.5) is 8.78 Å². The van der Waals surface area contributed by atoms with Crippen LogP contribution in [0.5, 0.6) is 0 Å². The van der Waals surface area contributed by atoms with Gasteiger partial charge in [0, 0.05) is 5.56 Å². The van der Waals surface area contributed by atoms with E-state index in [0.717, 1.165) is 12.1 Å². The Bertz CT molecular complexity index is 426. The lowest BCUT2D eigenvalue weighted by Gasteiger charge is -2.00. The van der Waals surface area contributed by atoms with E-state index in [9.17, 15) is 13.6 Å². The maximum Gasteiger partial charge on any atom is 0.177 e. The number of ketones is 1. The van der Waals surface area contributed by atoms with Crippen LogP contribution < -0.4 is 0 Å². The van der Waals surface area contributed by atoms with E-state index in [1.54, 1.807) is 0 Å². The molecule has 0 aliphatic heterocycles. The van der Waals surface area contributed by atoms with Crippen molar-refractivity contribution in [3.05, 3.63) is 34.9 Å². The van der Waals surface area contributed by atoms with Crippen molar-refractivity contribution in [3.63, 3.8) is 0 Å². The summed E-state index contributed by atoms with van der Waals surface area (Å²) in [7, 11) is 0. The summed E-state index contributed by atoms with van der Waals surface area (Å²) < 4.78 is 25.6. The first-order chi connectivity index (χ1) is 6.60. The molecule has 0 unspecified atom stereocenters. The predicted molar refractivity (Wildman–Crippen MR) is 46.1 cm³/mol. The number of nitriles is 1. The van der Waals surface area contributed by atoms with E-state index in [2.05, 4.69) is 0 Å². The Balaban J connectivity index is 3.32. The third kappa shape index (κ3) is 1.88. The monoisotopic (exact) mass is 215 g/mol. The molecule has 0 radical (unpaired) electrons. The minimum absolute atomic E-state index is 0.101. The van der Waals surface area contributed by atoms with Crippen LogP contribution in [0.1, 0.15) is 15.9 Å². The lowest BCUT2D eigenvalue weighted by molar-refractivity contribution is 0.102. The van der Waals surface area contributed by atoms with Gasteiger partial charge >= 0.3 is 0 Å². The van der Waals surface area contributed by atoms with E-state index in [4.69, 9.17) is 16.9 Å². The highest BCUT2D eigenvalue weighted by atomic mass is 35.5. The van der Waals surface area contributed by atoms with Gasteiger partial charge in [-0.3, -0.25) is 4.79 Å². The molecule has 14 heavy (non-hydrogen) atoms. The summed E-state index contributed by atoms with van der Waals surface area (Å²) in [6.45, 7) is 0. The molecule has 0 fully saturated rings. The number of alkyl halides is 1. The van der Waals surface area contributed by atoms with Gasteiger partial charge in [-0.1, -0.05) is 0 Å². The third-order valence-corrected chi connectivity index (χ3v) is 1.83. The van der Waals surface area contributed by atoms with Crippen molar-refractivity contribution in [1.29, 1.82) is 5.26 Å². The molecule has 0 amide bonds. The fourth-order valence-electron chi connectivity index (χ4n) is 0.909. The van der Waals surface area contributed by atoms with Gasteiger partial charge < -0.3 is 0 Å². The smallest absolute Gasteiger partial charge is 0.177 e. The maximum absolute atomic E-state index is 12.8. The lowest BCUT2D eigenvalue weighted by Crippen LogP contribution is -2.03. The van der Waals surface area contributed by atoms with Crippen LogP contribution in [0.15, 0.2) is 12.1 Å².